The summed E-state index contributed by atoms with van der Waals surface area (Å²) in [5, 5.41) is 0. The lowest BCUT2D eigenvalue weighted by Gasteiger charge is -2.27. The van der Waals surface area contributed by atoms with Crippen LogP contribution in [0, 0.1) is 0 Å². The molecule has 1 amide bonds. The highest BCUT2D eigenvalue weighted by atomic mass is 16.5. The number of rotatable bonds is 3. The fourth-order valence-electron chi connectivity index (χ4n) is 3.59. The van der Waals surface area contributed by atoms with Crippen molar-refractivity contribution >= 4 is 11.9 Å². The van der Waals surface area contributed by atoms with Gasteiger partial charge >= 0.3 is 0 Å². The number of nitrogens with zero attached hydrogens (tertiary/aromatic N) is 5. The first-order chi connectivity index (χ1) is 13.3. The molecule has 0 radical (unpaired) electrons. The maximum absolute atomic E-state index is 13.2. The summed E-state index contributed by atoms with van der Waals surface area (Å²) in [5.41, 5.74) is 1.85. The topological polar surface area (TPSA) is 71.5 Å². The molecule has 2 saturated heterocycles. The third kappa shape index (κ3) is 4.08. The summed E-state index contributed by atoms with van der Waals surface area (Å²) < 4.78 is 5.42. The van der Waals surface area contributed by atoms with Gasteiger partial charge in [0.05, 0.1) is 24.5 Å². The van der Waals surface area contributed by atoms with Crippen molar-refractivity contribution in [1.29, 1.82) is 0 Å². The number of carbonyl (C=O) groups excluding carboxylic acids is 1. The van der Waals surface area contributed by atoms with Crippen LogP contribution in [-0.4, -0.2) is 65.2 Å². The van der Waals surface area contributed by atoms with Crippen LogP contribution in [-0.2, 0) is 4.74 Å². The Hall–Kier alpha value is -2.54. The molecule has 7 nitrogen and oxygen atoms in total. The number of aromatic nitrogens is 3. The molecule has 27 heavy (non-hydrogen) atoms. The predicted molar refractivity (Wildman–Crippen MR) is 103 cm³/mol. The van der Waals surface area contributed by atoms with Gasteiger partial charge < -0.3 is 14.5 Å². The molecule has 2 fully saturated rings. The highest BCUT2D eigenvalue weighted by Crippen LogP contribution is 2.24. The van der Waals surface area contributed by atoms with E-state index in [1.165, 1.54) is 12.8 Å². The van der Waals surface area contributed by atoms with Gasteiger partial charge in [-0.3, -0.25) is 9.78 Å². The lowest BCUT2D eigenvalue weighted by molar-refractivity contribution is 0.0761. The number of likely N-dealkylation sites (tertiary alicyclic amines) is 1. The van der Waals surface area contributed by atoms with E-state index in [4.69, 9.17) is 9.72 Å². The number of ether oxygens (including phenoxy) is 1. The summed E-state index contributed by atoms with van der Waals surface area (Å²) in [4.78, 5) is 31.0. The molecule has 0 aliphatic carbocycles. The molecule has 7 heteroatoms. The van der Waals surface area contributed by atoms with Crippen LogP contribution < -0.4 is 4.90 Å². The highest BCUT2D eigenvalue weighted by Gasteiger charge is 2.24. The van der Waals surface area contributed by atoms with Crippen molar-refractivity contribution in [3.05, 3.63) is 36.2 Å². The molecule has 4 heterocycles. The van der Waals surface area contributed by atoms with Gasteiger partial charge in [-0.25, -0.2) is 9.97 Å². The second-order valence-corrected chi connectivity index (χ2v) is 6.95. The molecular formula is C20H25N5O2. The Kier molecular flexibility index (Phi) is 5.58. The van der Waals surface area contributed by atoms with Crippen LogP contribution in [0.15, 0.2) is 30.6 Å². The van der Waals surface area contributed by atoms with Gasteiger partial charge in [-0.05, 0) is 25.0 Å². The molecule has 0 N–H and O–H groups in total. The van der Waals surface area contributed by atoms with Gasteiger partial charge in [0.25, 0.3) is 5.91 Å². The Morgan fingerprint density at radius 1 is 0.963 bits per heavy atom. The van der Waals surface area contributed by atoms with Crippen LogP contribution >= 0.6 is 0 Å². The summed E-state index contributed by atoms with van der Waals surface area (Å²) in [7, 11) is 0. The number of hydrogen-bond donors (Lipinski definition) is 0. The average molecular weight is 367 g/mol. The summed E-state index contributed by atoms with van der Waals surface area (Å²) in [6.45, 7) is 4.42. The van der Waals surface area contributed by atoms with Crippen molar-refractivity contribution in [3.63, 3.8) is 0 Å². The molecule has 2 aromatic heterocycles. The standard InChI is InChI=1S/C20H25N5O2/c26-19(24-9-5-1-2-6-10-24)16-15-22-20(25-11-13-27-14-12-25)23-18(16)17-7-3-4-8-21-17/h3-4,7-8,15H,1-2,5-6,9-14H2. The third-order valence-corrected chi connectivity index (χ3v) is 5.10. The summed E-state index contributed by atoms with van der Waals surface area (Å²) >= 11 is 0. The Morgan fingerprint density at radius 2 is 1.74 bits per heavy atom. The first kappa shape index (κ1) is 17.9. The van der Waals surface area contributed by atoms with Crippen LogP contribution in [0.2, 0.25) is 0 Å². The molecule has 0 bridgehead atoms. The first-order valence-corrected chi connectivity index (χ1v) is 9.73. The molecule has 4 rings (SSSR count). The molecular weight excluding hydrogens is 342 g/mol. The second-order valence-electron chi connectivity index (χ2n) is 6.95. The zero-order valence-corrected chi connectivity index (χ0v) is 15.5. The Labute approximate surface area is 159 Å². The van der Waals surface area contributed by atoms with Gasteiger partial charge in [0, 0.05) is 38.6 Å². The minimum atomic E-state index is 0.00563. The van der Waals surface area contributed by atoms with Gasteiger partial charge in [-0.1, -0.05) is 18.9 Å². The first-order valence-electron chi connectivity index (χ1n) is 9.73. The van der Waals surface area contributed by atoms with Crippen molar-refractivity contribution < 1.29 is 9.53 Å². The molecule has 0 aromatic carbocycles. The van der Waals surface area contributed by atoms with E-state index in [0.717, 1.165) is 39.0 Å². The molecule has 0 spiro atoms. The van der Waals surface area contributed by atoms with Crippen LogP contribution in [0.25, 0.3) is 11.4 Å². The zero-order valence-electron chi connectivity index (χ0n) is 15.5. The molecule has 2 aliphatic rings. The van der Waals surface area contributed by atoms with Crippen molar-refractivity contribution in [3.8, 4) is 11.4 Å². The normalized spacial score (nSPS) is 18.2. The largest absolute Gasteiger partial charge is 0.378 e. The molecule has 2 aliphatic heterocycles. The number of anilines is 1. The van der Waals surface area contributed by atoms with Crippen molar-refractivity contribution in [2.45, 2.75) is 25.7 Å². The van der Waals surface area contributed by atoms with Crippen LogP contribution in [0.4, 0.5) is 5.95 Å². The van der Waals surface area contributed by atoms with Crippen molar-refractivity contribution in [2.24, 2.45) is 0 Å². The molecule has 142 valence electrons. The summed E-state index contributed by atoms with van der Waals surface area (Å²) in [6.07, 6.45) is 7.88. The van der Waals surface area contributed by atoms with E-state index in [9.17, 15) is 4.79 Å². The monoisotopic (exact) mass is 367 g/mol. The lowest BCUT2D eigenvalue weighted by atomic mass is 10.1. The Bertz CT molecular complexity index is 769. The number of hydrogen-bond acceptors (Lipinski definition) is 6. The maximum Gasteiger partial charge on any atom is 0.257 e. The van der Waals surface area contributed by atoms with Gasteiger partial charge in [-0.15, -0.1) is 0 Å². The van der Waals surface area contributed by atoms with E-state index in [1.807, 2.05) is 23.1 Å². The molecule has 0 atom stereocenters. The maximum atomic E-state index is 13.2. The van der Waals surface area contributed by atoms with E-state index < -0.39 is 0 Å². The van der Waals surface area contributed by atoms with E-state index >= 15 is 0 Å². The Morgan fingerprint density at radius 3 is 2.44 bits per heavy atom. The van der Waals surface area contributed by atoms with Gasteiger partial charge in [0.1, 0.15) is 5.69 Å². The lowest BCUT2D eigenvalue weighted by Crippen LogP contribution is -2.38. The smallest absolute Gasteiger partial charge is 0.257 e. The quantitative estimate of drug-likeness (QED) is 0.830. The van der Waals surface area contributed by atoms with Gasteiger partial charge in [0.2, 0.25) is 5.95 Å². The zero-order chi connectivity index (χ0) is 18.5. The predicted octanol–water partition coefficient (Wildman–Crippen LogP) is 2.39. The van der Waals surface area contributed by atoms with Crippen LogP contribution in [0.3, 0.4) is 0 Å². The minimum Gasteiger partial charge on any atom is -0.378 e. The minimum absolute atomic E-state index is 0.00563. The van der Waals surface area contributed by atoms with E-state index in [2.05, 4.69) is 14.9 Å². The van der Waals surface area contributed by atoms with Gasteiger partial charge in [0.15, 0.2) is 0 Å². The summed E-state index contributed by atoms with van der Waals surface area (Å²) in [6, 6.07) is 5.67. The second kappa shape index (κ2) is 8.43. The fraction of sp³-hybridized carbons (Fsp3) is 0.500. The number of carbonyl (C=O) groups is 1. The molecule has 0 saturated carbocycles. The molecule has 0 unspecified atom stereocenters. The van der Waals surface area contributed by atoms with Gasteiger partial charge in [-0.2, -0.15) is 0 Å². The summed E-state index contributed by atoms with van der Waals surface area (Å²) in [5.74, 6) is 0.637. The average Bonchev–Trinajstić information content (AvgIpc) is 3.04. The van der Waals surface area contributed by atoms with E-state index in [-0.39, 0.29) is 5.91 Å². The van der Waals surface area contributed by atoms with E-state index in [0.29, 0.717) is 36.1 Å². The van der Waals surface area contributed by atoms with E-state index in [1.54, 1.807) is 12.4 Å². The Balaban J connectivity index is 1.70. The van der Waals surface area contributed by atoms with Crippen LogP contribution in [0.5, 0.6) is 0 Å². The van der Waals surface area contributed by atoms with Crippen molar-refractivity contribution in [1.82, 2.24) is 19.9 Å². The molecule has 2 aromatic rings. The number of amides is 1. The number of morpholine rings is 1. The fourth-order valence-corrected chi connectivity index (χ4v) is 3.59. The van der Waals surface area contributed by atoms with Crippen LogP contribution in [0.1, 0.15) is 36.0 Å². The van der Waals surface area contributed by atoms with Crippen molar-refractivity contribution in [2.75, 3.05) is 44.3 Å². The number of pyridine rings is 1. The SMILES string of the molecule is O=C(c1cnc(N2CCOCC2)nc1-c1ccccn1)N1CCCCCC1. The third-order valence-electron chi connectivity index (χ3n) is 5.10. The highest BCUT2D eigenvalue weighted by molar-refractivity contribution is 5.99.